The second-order valence-electron chi connectivity index (χ2n) is 4.91. The first kappa shape index (κ1) is 16.9. The molecule has 0 saturated carbocycles. The van der Waals surface area contributed by atoms with Crippen molar-refractivity contribution in [2.45, 2.75) is 84.7 Å². The smallest absolute Gasteiger partial charge is 0.147 e. The Morgan fingerprint density at radius 3 is 2.18 bits per heavy atom. The topological polar surface area (TPSA) is 18.5 Å². The van der Waals surface area contributed by atoms with Gasteiger partial charge in [0.15, 0.2) is 0 Å². The summed E-state index contributed by atoms with van der Waals surface area (Å²) < 4.78 is 11.0. The summed E-state index contributed by atoms with van der Waals surface area (Å²) in [4.78, 5) is 0. The Morgan fingerprint density at radius 2 is 1.47 bits per heavy atom. The molecule has 0 saturated heterocycles. The second-order valence-corrected chi connectivity index (χ2v) is 4.91. The van der Waals surface area contributed by atoms with Crippen LogP contribution in [-0.2, 0) is 9.47 Å². The quantitative estimate of drug-likeness (QED) is 0.338. The van der Waals surface area contributed by atoms with Gasteiger partial charge in [-0.25, -0.2) is 0 Å². The normalized spacial score (nSPS) is 12.9. The highest BCUT2D eigenvalue weighted by atomic mass is 16.7. The molecular weight excluding hydrogens is 212 g/mol. The maximum absolute atomic E-state index is 5.59. The largest absolute Gasteiger partial charge is 0.355 e. The van der Waals surface area contributed by atoms with Gasteiger partial charge in [0.1, 0.15) is 6.79 Å². The fourth-order valence-corrected chi connectivity index (χ4v) is 1.77. The second kappa shape index (κ2) is 14.0. The molecule has 2 nitrogen and oxygen atoms in total. The number of ether oxygens (including phenoxy) is 2. The molecule has 0 aliphatic heterocycles. The molecule has 0 aromatic rings. The van der Waals surface area contributed by atoms with E-state index in [1.165, 1.54) is 51.4 Å². The molecule has 2 heteroatoms. The SMILES string of the molecule is CCCCCCCCC(C)OCOCCCC. The molecule has 104 valence electrons. The fourth-order valence-electron chi connectivity index (χ4n) is 1.77. The van der Waals surface area contributed by atoms with E-state index in [4.69, 9.17) is 9.47 Å². The van der Waals surface area contributed by atoms with Crippen LogP contribution >= 0.6 is 0 Å². The molecule has 0 aromatic carbocycles. The third kappa shape index (κ3) is 13.9. The van der Waals surface area contributed by atoms with Crippen LogP contribution in [0.2, 0.25) is 0 Å². The van der Waals surface area contributed by atoms with Gasteiger partial charge in [0, 0.05) is 6.61 Å². The molecule has 1 atom stereocenters. The lowest BCUT2D eigenvalue weighted by molar-refractivity contribution is -0.0866. The van der Waals surface area contributed by atoms with Crippen molar-refractivity contribution in [1.82, 2.24) is 0 Å². The zero-order chi connectivity index (χ0) is 12.8. The van der Waals surface area contributed by atoms with Crippen molar-refractivity contribution in [3.63, 3.8) is 0 Å². The van der Waals surface area contributed by atoms with E-state index in [-0.39, 0.29) is 0 Å². The molecule has 0 aliphatic carbocycles. The lowest BCUT2D eigenvalue weighted by Gasteiger charge is -2.13. The minimum atomic E-state index is 0.350. The molecule has 0 radical (unpaired) electrons. The van der Waals surface area contributed by atoms with E-state index < -0.39 is 0 Å². The van der Waals surface area contributed by atoms with E-state index in [1.807, 2.05) is 0 Å². The molecule has 0 aliphatic rings. The van der Waals surface area contributed by atoms with Crippen LogP contribution in [0.1, 0.15) is 78.6 Å². The summed E-state index contributed by atoms with van der Waals surface area (Å²) in [5, 5.41) is 0. The number of hydrogen-bond donors (Lipinski definition) is 0. The van der Waals surface area contributed by atoms with Crippen molar-refractivity contribution in [1.29, 1.82) is 0 Å². The van der Waals surface area contributed by atoms with Gasteiger partial charge in [-0.15, -0.1) is 0 Å². The Labute approximate surface area is 108 Å². The summed E-state index contributed by atoms with van der Waals surface area (Å²) in [5.41, 5.74) is 0. The third-order valence-corrected chi connectivity index (χ3v) is 3.04. The summed E-state index contributed by atoms with van der Waals surface area (Å²) in [7, 11) is 0. The average Bonchev–Trinajstić information content (AvgIpc) is 2.33. The minimum absolute atomic E-state index is 0.350. The van der Waals surface area contributed by atoms with Crippen molar-refractivity contribution < 1.29 is 9.47 Å². The summed E-state index contributed by atoms with van der Waals surface area (Å²) in [5.74, 6) is 0. The molecule has 0 N–H and O–H groups in total. The number of unbranched alkanes of at least 4 members (excludes halogenated alkanes) is 6. The van der Waals surface area contributed by atoms with E-state index >= 15 is 0 Å². The van der Waals surface area contributed by atoms with Gasteiger partial charge in [-0.1, -0.05) is 58.8 Å². The zero-order valence-corrected chi connectivity index (χ0v) is 12.2. The highest BCUT2D eigenvalue weighted by molar-refractivity contribution is 4.51. The first-order valence-corrected chi connectivity index (χ1v) is 7.50. The van der Waals surface area contributed by atoms with Crippen LogP contribution in [0.15, 0.2) is 0 Å². The van der Waals surface area contributed by atoms with Crippen molar-refractivity contribution in [3.8, 4) is 0 Å². The Morgan fingerprint density at radius 1 is 0.824 bits per heavy atom. The first-order chi connectivity index (χ1) is 8.31. The predicted octanol–water partition coefficient (Wildman–Crippen LogP) is 4.92. The molecule has 0 heterocycles. The van der Waals surface area contributed by atoms with Crippen LogP contribution in [0.5, 0.6) is 0 Å². The maximum atomic E-state index is 5.59. The van der Waals surface area contributed by atoms with Gasteiger partial charge in [-0.3, -0.25) is 0 Å². The molecule has 0 bridgehead atoms. The van der Waals surface area contributed by atoms with E-state index in [0.717, 1.165) is 13.0 Å². The molecule has 1 unspecified atom stereocenters. The standard InChI is InChI=1S/C15H32O2/c1-4-6-8-9-10-11-12-15(3)17-14-16-13-7-5-2/h15H,4-14H2,1-3H3. The lowest BCUT2D eigenvalue weighted by Crippen LogP contribution is -2.11. The van der Waals surface area contributed by atoms with E-state index in [9.17, 15) is 0 Å². The van der Waals surface area contributed by atoms with Crippen molar-refractivity contribution >= 4 is 0 Å². The van der Waals surface area contributed by atoms with Crippen molar-refractivity contribution in [2.24, 2.45) is 0 Å². The zero-order valence-electron chi connectivity index (χ0n) is 12.2. The highest BCUT2D eigenvalue weighted by Crippen LogP contribution is 2.10. The maximum Gasteiger partial charge on any atom is 0.147 e. The van der Waals surface area contributed by atoms with Gasteiger partial charge < -0.3 is 9.47 Å². The Kier molecular flexibility index (Phi) is 13.9. The van der Waals surface area contributed by atoms with Gasteiger partial charge in [-0.2, -0.15) is 0 Å². The number of rotatable bonds is 13. The molecule has 17 heavy (non-hydrogen) atoms. The van der Waals surface area contributed by atoms with Gasteiger partial charge in [0.05, 0.1) is 6.10 Å². The van der Waals surface area contributed by atoms with Gasteiger partial charge in [0.2, 0.25) is 0 Å². The summed E-state index contributed by atoms with van der Waals surface area (Å²) in [6.45, 7) is 7.88. The van der Waals surface area contributed by atoms with Crippen LogP contribution in [0.25, 0.3) is 0 Å². The molecule has 0 aromatic heterocycles. The van der Waals surface area contributed by atoms with Crippen molar-refractivity contribution in [2.75, 3.05) is 13.4 Å². The van der Waals surface area contributed by atoms with Crippen LogP contribution in [0.3, 0.4) is 0 Å². The monoisotopic (exact) mass is 244 g/mol. The summed E-state index contributed by atoms with van der Waals surface area (Å²) in [6, 6.07) is 0. The first-order valence-electron chi connectivity index (χ1n) is 7.50. The van der Waals surface area contributed by atoms with E-state index in [2.05, 4.69) is 20.8 Å². The van der Waals surface area contributed by atoms with Crippen LogP contribution in [0.4, 0.5) is 0 Å². The fraction of sp³-hybridized carbons (Fsp3) is 1.00. The molecule has 0 rings (SSSR count). The van der Waals surface area contributed by atoms with Crippen molar-refractivity contribution in [3.05, 3.63) is 0 Å². The highest BCUT2D eigenvalue weighted by Gasteiger charge is 2.01. The molecule has 0 spiro atoms. The Balaban J connectivity index is 3.09. The third-order valence-electron chi connectivity index (χ3n) is 3.04. The van der Waals surface area contributed by atoms with E-state index in [1.54, 1.807) is 0 Å². The summed E-state index contributed by atoms with van der Waals surface area (Å²) in [6.07, 6.45) is 12.0. The Bertz CT molecular complexity index is 137. The molecule has 0 fully saturated rings. The molecular formula is C15H32O2. The van der Waals surface area contributed by atoms with Crippen LogP contribution in [-0.4, -0.2) is 19.5 Å². The molecule has 0 amide bonds. The number of hydrogen-bond acceptors (Lipinski definition) is 2. The predicted molar refractivity (Wildman–Crippen MR) is 74.3 cm³/mol. The average molecular weight is 244 g/mol. The van der Waals surface area contributed by atoms with Gasteiger partial charge in [-0.05, 0) is 19.8 Å². The summed E-state index contributed by atoms with van der Waals surface area (Å²) >= 11 is 0. The Hall–Kier alpha value is -0.0800. The van der Waals surface area contributed by atoms with Crippen LogP contribution in [0, 0.1) is 0 Å². The van der Waals surface area contributed by atoms with Gasteiger partial charge in [0.25, 0.3) is 0 Å². The minimum Gasteiger partial charge on any atom is -0.355 e. The van der Waals surface area contributed by atoms with Gasteiger partial charge >= 0.3 is 0 Å². The van der Waals surface area contributed by atoms with E-state index in [0.29, 0.717) is 12.9 Å². The van der Waals surface area contributed by atoms with Crippen LogP contribution < -0.4 is 0 Å². The lowest BCUT2D eigenvalue weighted by atomic mass is 10.1.